The Morgan fingerprint density at radius 1 is 0.964 bits per heavy atom. The van der Waals surface area contributed by atoms with E-state index >= 15 is 0 Å². The molecule has 2 aromatic carbocycles. The summed E-state index contributed by atoms with van der Waals surface area (Å²) in [6, 6.07) is 9.57. The number of hydrogen-bond acceptors (Lipinski definition) is 5. The van der Waals surface area contributed by atoms with Crippen LogP contribution < -0.4 is 14.8 Å². The molecule has 1 heterocycles. The maximum Gasteiger partial charge on any atom is 0.261 e. The summed E-state index contributed by atoms with van der Waals surface area (Å²) in [4.78, 5) is 38.8. The van der Waals surface area contributed by atoms with Crippen molar-refractivity contribution in [3.8, 4) is 11.5 Å². The lowest BCUT2D eigenvalue weighted by molar-refractivity contribution is 0.0652. The Kier molecular flexibility index (Phi) is 5.63. The standard InChI is InChI=1S/C21H22N2O5/c1-4-5-10-23-20(25)15-8-6-13(11-16(15)21(23)26)19(24)22-14-7-9-17(27-2)18(12-14)28-3/h6-9,11-12H,4-5,10H2,1-3H3,(H,22,24). The fourth-order valence-corrected chi connectivity index (χ4v) is 3.07. The molecule has 0 bridgehead atoms. The first kappa shape index (κ1) is 19.4. The van der Waals surface area contributed by atoms with Crippen LogP contribution in [0.25, 0.3) is 0 Å². The zero-order chi connectivity index (χ0) is 20.3. The number of ether oxygens (including phenoxy) is 2. The Hall–Kier alpha value is -3.35. The lowest BCUT2D eigenvalue weighted by Crippen LogP contribution is -2.30. The van der Waals surface area contributed by atoms with Crippen LogP contribution in [0.3, 0.4) is 0 Å². The zero-order valence-electron chi connectivity index (χ0n) is 16.1. The minimum atomic E-state index is -0.387. The van der Waals surface area contributed by atoms with Crippen LogP contribution in [0.1, 0.15) is 50.8 Å². The van der Waals surface area contributed by atoms with Gasteiger partial charge in [-0.15, -0.1) is 0 Å². The van der Waals surface area contributed by atoms with Gasteiger partial charge in [0.25, 0.3) is 17.7 Å². The highest BCUT2D eigenvalue weighted by molar-refractivity contribution is 6.22. The maximum absolute atomic E-state index is 12.6. The van der Waals surface area contributed by atoms with Crippen LogP contribution in [-0.2, 0) is 0 Å². The first-order chi connectivity index (χ1) is 13.5. The minimum Gasteiger partial charge on any atom is -0.493 e. The van der Waals surface area contributed by atoms with Gasteiger partial charge in [-0.2, -0.15) is 0 Å². The van der Waals surface area contributed by atoms with E-state index in [1.54, 1.807) is 24.3 Å². The van der Waals surface area contributed by atoms with Crippen molar-refractivity contribution in [2.75, 3.05) is 26.1 Å². The SMILES string of the molecule is CCCCN1C(=O)c2ccc(C(=O)Nc3ccc(OC)c(OC)c3)cc2C1=O. The van der Waals surface area contributed by atoms with Crippen LogP contribution in [0, 0.1) is 0 Å². The molecule has 0 fully saturated rings. The third kappa shape index (κ3) is 3.55. The molecule has 3 rings (SSSR count). The number of carbonyl (C=O) groups is 3. The summed E-state index contributed by atoms with van der Waals surface area (Å²) < 4.78 is 10.4. The van der Waals surface area contributed by atoms with E-state index in [1.807, 2.05) is 6.92 Å². The molecule has 1 aliphatic heterocycles. The minimum absolute atomic E-state index is 0.265. The van der Waals surface area contributed by atoms with Crippen LogP contribution in [0.15, 0.2) is 36.4 Å². The van der Waals surface area contributed by atoms with E-state index < -0.39 is 0 Å². The van der Waals surface area contributed by atoms with Gasteiger partial charge in [-0.3, -0.25) is 19.3 Å². The van der Waals surface area contributed by atoms with Crippen molar-refractivity contribution in [3.05, 3.63) is 53.1 Å². The summed E-state index contributed by atoms with van der Waals surface area (Å²) in [5, 5.41) is 2.76. The van der Waals surface area contributed by atoms with Crippen LogP contribution in [0.2, 0.25) is 0 Å². The lowest BCUT2D eigenvalue weighted by Gasteiger charge is -2.12. The monoisotopic (exact) mass is 382 g/mol. The molecule has 0 saturated carbocycles. The van der Waals surface area contributed by atoms with Crippen molar-refractivity contribution in [2.45, 2.75) is 19.8 Å². The highest BCUT2D eigenvalue weighted by Gasteiger charge is 2.35. The molecular weight excluding hydrogens is 360 g/mol. The van der Waals surface area contributed by atoms with E-state index in [1.165, 1.54) is 31.3 Å². The Morgan fingerprint density at radius 2 is 1.68 bits per heavy atom. The third-order valence-corrected chi connectivity index (χ3v) is 4.61. The molecule has 2 aromatic rings. The second-order valence-corrected chi connectivity index (χ2v) is 6.40. The quantitative estimate of drug-likeness (QED) is 0.743. The van der Waals surface area contributed by atoms with Gasteiger partial charge in [0.05, 0.1) is 25.3 Å². The number of rotatable bonds is 7. The molecule has 0 saturated heterocycles. The molecule has 0 aliphatic carbocycles. The number of amides is 3. The number of fused-ring (bicyclic) bond motifs is 1. The van der Waals surface area contributed by atoms with Gasteiger partial charge in [0.1, 0.15) is 0 Å². The third-order valence-electron chi connectivity index (χ3n) is 4.61. The molecule has 3 amide bonds. The molecule has 7 heteroatoms. The van der Waals surface area contributed by atoms with Gasteiger partial charge in [-0.25, -0.2) is 0 Å². The summed E-state index contributed by atoms with van der Waals surface area (Å²) >= 11 is 0. The van der Waals surface area contributed by atoms with E-state index in [0.717, 1.165) is 12.8 Å². The second kappa shape index (κ2) is 8.12. The maximum atomic E-state index is 12.6. The predicted octanol–water partition coefficient (Wildman–Crippen LogP) is 3.35. The number of anilines is 1. The van der Waals surface area contributed by atoms with Crippen LogP contribution in [0.4, 0.5) is 5.69 Å². The van der Waals surface area contributed by atoms with Crippen molar-refractivity contribution in [3.63, 3.8) is 0 Å². The summed E-state index contributed by atoms with van der Waals surface area (Å²) in [6.07, 6.45) is 1.63. The van der Waals surface area contributed by atoms with E-state index in [4.69, 9.17) is 9.47 Å². The summed E-state index contributed by atoms with van der Waals surface area (Å²) in [5.74, 6) is -0.00676. The number of methoxy groups -OCH3 is 2. The molecule has 1 N–H and O–H groups in total. The molecule has 146 valence electrons. The van der Waals surface area contributed by atoms with Crippen molar-refractivity contribution >= 4 is 23.4 Å². The first-order valence-corrected chi connectivity index (χ1v) is 9.03. The Balaban J connectivity index is 1.81. The van der Waals surface area contributed by atoms with Crippen LogP contribution in [-0.4, -0.2) is 43.4 Å². The van der Waals surface area contributed by atoms with E-state index in [-0.39, 0.29) is 23.3 Å². The van der Waals surface area contributed by atoms with Gasteiger partial charge in [-0.1, -0.05) is 13.3 Å². The van der Waals surface area contributed by atoms with E-state index in [9.17, 15) is 14.4 Å². The van der Waals surface area contributed by atoms with Gasteiger partial charge in [-0.05, 0) is 36.8 Å². The number of nitrogens with one attached hydrogen (secondary N) is 1. The molecule has 7 nitrogen and oxygen atoms in total. The fourth-order valence-electron chi connectivity index (χ4n) is 3.07. The zero-order valence-corrected chi connectivity index (χ0v) is 16.1. The number of carbonyl (C=O) groups excluding carboxylic acids is 3. The van der Waals surface area contributed by atoms with Gasteiger partial charge in [0.2, 0.25) is 0 Å². The highest BCUT2D eigenvalue weighted by atomic mass is 16.5. The topological polar surface area (TPSA) is 84.9 Å². The molecule has 28 heavy (non-hydrogen) atoms. The molecule has 0 spiro atoms. The van der Waals surface area contributed by atoms with Crippen molar-refractivity contribution < 1.29 is 23.9 Å². The molecular formula is C21H22N2O5. The van der Waals surface area contributed by atoms with Gasteiger partial charge in [0.15, 0.2) is 11.5 Å². The van der Waals surface area contributed by atoms with E-state index in [2.05, 4.69) is 5.32 Å². The van der Waals surface area contributed by atoms with Gasteiger partial charge < -0.3 is 14.8 Å². The van der Waals surface area contributed by atoms with Gasteiger partial charge >= 0.3 is 0 Å². The number of hydrogen-bond donors (Lipinski definition) is 1. The predicted molar refractivity (Wildman–Crippen MR) is 104 cm³/mol. The second-order valence-electron chi connectivity index (χ2n) is 6.40. The number of nitrogens with zero attached hydrogens (tertiary/aromatic N) is 1. The summed E-state index contributed by atoms with van der Waals surface area (Å²) in [7, 11) is 3.04. The van der Waals surface area contributed by atoms with Crippen molar-refractivity contribution in [2.24, 2.45) is 0 Å². The highest BCUT2D eigenvalue weighted by Crippen LogP contribution is 2.30. The molecule has 0 radical (unpaired) electrons. The Morgan fingerprint density at radius 3 is 2.36 bits per heavy atom. The largest absolute Gasteiger partial charge is 0.493 e. The normalized spacial score (nSPS) is 12.8. The van der Waals surface area contributed by atoms with Crippen LogP contribution in [0.5, 0.6) is 11.5 Å². The molecule has 1 aliphatic rings. The van der Waals surface area contributed by atoms with Crippen LogP contribution >= 0.6 is 0 Å². The Bertz CT molecular complexity index is 938. The fraction of sp³-hybridized carbons (Fsp3) is 0.286. The molecule has 0 aromatic heterocycles. The molecule has 0 unspecified atom stereocenters. The number of unbranched alkanes of at least 4 members (excludes halogenated alkanes) is 1. The first-order valence-electron chi connectivity index (χ1n) is 9.03. The van der Waals surface area contributed by atoms with Crippen molar-refractivity contribution in [1.29, 1.82) is 0 Å². The Labute approximate surface area is 163 Å². The van der Waals surface area contributed by atoms with Crippen molar-refractivity contribution in [1.82, 2.24) is 4.90 Å². The van der Waals surface area contributed by atoms with Gasteiger partial charge in [0, 0.05) is 23.9 Å². The smallest absolute Gasteiger partial charge is 0.261 e. The average molecular weight is 382 g/mol. The van der Waals surface area contributed by atoms with E-state index in [0.29, 0.717) is 34.9 Å². The summed E-state index contributed by atoms with van der Waals surface area (Å²) in [5.41, 5.74) is 1.42. The average Bonchev–Trinajstić information content (AvgIpc) is 2.95. The molecule has 0 atom stereocenters. The number of benzene rings is 2. The number of imide groups is 1. The summed E-state index contributed by atoms with van der Waals surface area (Å²) in [6.45, 7) is 2.38. The lowest BCUT2D eigenvalue weighted by atomic mass is 10.1.